The number of oxazole rings is 1. The predicted molar refractivity (Wildman–Crippen MR) is 129 cm³/mol. The van der Waals surface area contributed by atoms with Crippen LogP contribution in [0.1, 0.15) is 77.1 Å². The lowest BCUT2D eigenvalue weighted by atomic mass is 9.96. The summed E-state index contributed by atoms with van der Waals surface area (Å²) in [4.78, 5) is 46.5. The predicted octanol–water partition coefficient (Wildman–Crippen LogP) is 3.70. The maximum atomic E-state index is 12.8. The van der Waals surface area contributed by atoms with E-state index < -0.39 is 0 Å². The molecule has 184 valence electrons. The molecule has 0 aliphatic carbocycles. The van der Waals surface area contributed by atoms with Crippen LogP contribution in [0.2, 0.25) is 0 Å². The van der Waals surface area contributed by atoms with Crippen LogP contribution in [0.5, 0.6) is 0 Å². The summed E-state index contributed by atoms with van der Waals surface area (Å²) in [5.74, 6) is 0.982. The van der Waals surface area contributed by atoms with Gasteiger partial charge in [-0.1, -0.05) is 18.2 Å². The Kier molecular flexibility index (Phi) is 6.40. The van der Waals surface area contributed by atoms with Gasteiger partial charge in [0.2, 0.25) is 11.8 Å². The highest BCUT2D eigenvalue weighted by Gasteiger charge is 2.30. The number of nitrogens with zero attached hydrogens (tertiary/aromatic N) is 5. The minimum absolute atomic E-state index is 0.0292. The van der Waals surface area contributed by atoms with Crippen molar-refractivity contribution in [3.8, 4) is 0 Å². The van der Waals surface area contributed by atoms with Crippen molar-refractivity contribution in [1.82, 2.24) is 24.6 Å². The van der Waals surface area contributed by atoms with E-state index in [9.17, 15) is 14.4 Å². The minimum atomic E-state index is -0.178. The van der Waals surface area contributed by atoms with Gasteiger partial charge in [-0.05, 0) is 45.6 Å². The lowest BCUT2D eigenvalue weighted by Gasteiger charge is -2.30. The van der Waals surface area contributed by atoms with Crippen LogP contribution < -0.4 is 0 Å². The second-order valence-electron chi connectivity index (χ2n) is 9.52. The zero-order chi connectivity index (χ0) is 24.5. The van der Waals surface area contributed by atoms with Gasteiger partial charge in [-0.25, -0.2) is 4.98 Å². The van der Waals surface area contributed by atoms with Gasteiger partial charge in [-0.15, -0.1) is 0 Å². The Hall–Kier alpha value is -3.49. The van der Waals surface area contributed by atoms with Crippen LogP contribution in [0.4, 0.5) is 0 Å². The number of hydrogen-bond donors (Lipinski definition) is 0. The molecular weight excluding hydrogens is 446 g/mol. The van der Waals surface area contributed by atoms with Crippen molar-refractivity contribution in [3.63, 3.8) is 0 Å². The van der Waals surface area contributed by atoms with Gasteiger partial charge in [0.05, 0.1) is 11.2 Å². The van der Waals surface area contributed by atoms with Crippen molar-refractivity contribution >= 4 is 28.6 Å². The maximum Gasteiger partial charge on any atom is 0.276 e. The molecule has 2 aliphatic rings. The van der Waals surface area contributed by atoms with Gasteiger partial charge < -0.3 is 14.2 Å². The van der Waals surface area contributed by atoms with Crippen LogP contribution >= 0.6 is 0 Å². The van der Waals surface area contributed by atoms with E-state index in [-0.39, 0.29) is 36.5 Å². The third-order valence-corrected chi connectivity index (χ3v) is 7.17. The van der Waals surface area contributed by atoms with E-state index in [0.29, 0.717) is 30.4 Å². The van der Waals surface area contributed by atoms with Gasteiger partial charge in [0.25, 0.3) is 5.91 Å². The summed E-state index contributed by atoms with van der Waals surface area (Å²) in [5.41, 5.74) is 1.99. The number of hydrogen-bond acceptors (Lipinski definition) is 6. The monoisotopic (exact) mass is 477 g/mol. The Morgan fingerprint density at radius 3 is 2.37 bits per heavy atom. The zero-order valence-electron chi connectivity index (χ0n) is 20.3. The molecule has 0 atom stereocenters. The zero-order valence-corrected chi connectivity index (χ0v) is 20.3. The van der Waals surface area contributed by atoms with Gasteiger partial charge in [-0.3, -0.25) is 14.4 Å². The van der Waals surface area contributed by atoms with Gasteiger partial charge in [0.15, 0.2) is 11.6 Å². The number of fused-ring (bicyclic) bond motifs is 1. The molecule has 9 heteroatoms. The highest BCUT2D eigenvalue weighted by molar-refractivity contribution is 5.94. The number of piperidine rings is 1. The average molecular weight is 478 g/mol. The first-order valence-corrected chi connectivity index (χ1v) is 12.4. The highest BCUT2D eigenvalue weighted by Crippen LogP contribution is 2.30. The second kappa shape index (κ2) is 9.64. The van der Waals surface area contributed by atoms with E-state index in [4.69, 9.17) is 4.42 Å². The fourth-order valence-corrected chi connectivity index (χ4v) is 5.13. The van der Waals surface area contributed by atoms with Crippen LogP contribution in [0.3, 0.4) is 0 Å². The van der Waals surface area contributed by atoms with Crippen LogP contribution in [-0.2, 0) is 4.79 Å². The van der Waals surface area contributed by atoms with Crippen molar-refractivity contribution < 1.29 is 18.8 Å². The quantitative estimate of drug-likeness (QED) is 0.555. The molecule has 5 rings (SSSR count). The summed E-state index contributed by atoms with van der Waals surface area (Å²) in [6.45, 7) is 6.39. The first kappa shape index (κ1) is 23.3. The molecule has 0 spiro atoms. The van der Waals surface area contributed by atoms with Crippen molar-refractivity contribution in [1.29, 1.82) is 0 Å². The lowest BCUT2D eigenvalue weighted by molar-refractivity contribution is -0.132. The van der Waals surface area contributed by atoms with Gasteiger partial charge >= 0.3 is 0 Å². The van der Waals surface area contributed by atoms with Crippen LogP contribution in [0.25, 0.3) is 10.9 Å². The Labute approximate surface area is 204 Å². The first-order chi connectivity index (χ1) is 16.9. The Morgan fingerprint density at radius 1 is 0.943 bits per heavy atom. The standard InChI is InChI=1S/C26H31N5O4/c1-17-20-7-3-4-8-21(20)31(28-17)23(33)10-9-22(32)29-15-11-19(12-16-29)25-27-24(18(2)35-25)26(34)30-13-5-6-14-30/h3-4,7-8,19H,5-6,9-16H2,1-2H3. The Bertz CT molecular complexity index is 1260. The Balaban J connectivity index is 1.15. The number of carbonyl (C=O) groups is 3. The molecule has 35 heavy (non-hydrogen) atoms. The van der Waals surface area contributed by atoms with Crippen LogP contribution in [-0.4, -0.2) is 68.5 Å². The third kappa shape index (κ3) is 4.59. The summed E-state index contributed by atoms with van der Waals surface area (Å²) >= 11 is 0. The number of benzene rings is 1. The fraction of sp³-hybridized carbons (Fsp3) is 0.500. The molecule has 3 aromatic rings. The molecule has 2 aromatic heterocycles. The molecule has 0 saturated carbocycles. The molecule has 0 N–H and O–H groups in total. The molecule has 2 saturated heterocycles. The smallest absolute Gasteiger partial charge is 0.276 e. The molecule has 9 nitrogen and oxygen atoms in total. The third-order valence-electron chi connectivity index (χ3n) is 7.17. The van der Waals surface area contributed by atoms with Gasteiger partial charge in [0, 0.05) is 50.3 Å². The molecule has 0 unspecified atom stereocenters. The molecule has 1 aromatic carbocycles. The second-order valence-corrected chi connectivity index (χ2v) is 9.52. The molecule has 2 amide bonds. The fourth-order valence-electron chi connectivity index (χ4n) is 5.13. The average Bonchev–Trinajstić information content (AvgIpc) is 3.62. The number of aromatic nitrogens is 3. The SMILES string of the molecule is Cc1oc(C2CCN(C(=O)CCC(=O)n3nc(C)c4ccccc43)CC2)nc1C(=O)N1CCCC1. The molecule has 2 aliphatic heterocycles. The van der Waals surface area contributed by atoms with Crippen molar-refractivity contribution in [2.45, 2.75) is 58.3 Å². The van der Waals surface area contributed by atoms with Crippen LogP contribution in [0.15, 0.2) is 28.7 Å². The van der Waals surface area contributed by atoms with Gasteiger partial charge in [-0.2, -0.15) is 9.78 Å². The minimum Gasteiger partial charge on any atom is -0.445 e. The molecule has 0 radical (unpaired) electrons. The topological polar surface area (TPSA) is 102 Å². The highest BCUT2D eigenvalue weighted by atomic mass is 16.4. The summed E-state index contributed by atoms with van der Waals surface area (Å²) in [6, 6.07) is 7.61. The molecule has 4 heterocycles. The van der Waals surface area contributed by atoms with E-state index in [0.717, 1.165) is 55.4 Å². The summed E-state index contributed by atoms with van der Waals surface area (Å²) < 4.78 is 7.29. The van der Waals surface area contributed by atoms with Gasteiger partial charge in [0.1, 0.15) is 5.76 Å². The van der Waals surface area contributed by atoms with E-state index in [1.54, 1.807) is 6.92 Å². The molecular formula is C26H31N5O4. The summed E-state index contributed by atoms with van der Waals surface area (Å²) in [6.07, 6.45) is 3.78. The number of carbonyl (C=O) groups excluding carboxylic acids is 3. The summed E-state index contributed by atoms with van der Waals surface area (Å²) in [5, 5.41) is 5.31. The van der Waals surface area contributed by atoms with Crippen molar-refractivity contribution in [2.75, 3.05) is 26.2 Å². The lowest BCUT2D eigenvalue weighted by Crippen LogP contribution is -2.38. The molecule has 0 bridgehead atoms. The van der Waals surface area contributed by atoms with E-state index in [1.807, 2.05) is 41.0 Å². The largest absolute Gasteiger partial charge is 0.445 e. The number of likely N-dealkylation sites (tertiary alicyclic amines) is 2. The maximum absolute atomic E-state index is 12.8. The number of aryl methyl sites for hydroxylation is 2. The number of para-hydroxylation sites is 1. The first-order valence-electron chi connectivity index (χ1n) is 12.4. The number of amides is 2. The van der Waals surface area contributed by atoms with E-state index >= 15 is 0 Å². The van der Waals surface area contributed by atoms with E-state index in [2.05, 4.69) is 10.1 Å². The number of rotatable bonds is 5. The normalized spacial score (nSPS) is 16.9. The van der Waals surface area contributed by atoms with Crippen molar-refractivity contribution in [2.24, 2.45) is 0 Å². The van der Waals surface area contributed by atoms with Crippen molar-refractivity contribution in [3.05, 3.63) is 47.3 Å². The summed E-state index contributed by atoms with van der Waals surface area (Å²) in [7, 11) is 0. The molecule has 2 fully saturated rings. The Morgan fingerprint density at radius 2 is 1.63 bits per heavy atom. The van der Waals surface area contributed by atoms with Crippen LogP contribution in [0, 0.1) is 13.8 Å². The van der Waals surface area contributed by atoms with E-state index in [1.165, 1.54) is 4.68 Å².